The number of aliphatic hydroxyl groups is 16. The first-order valence-electron chi connectivity index (χ1n) is 29.8. The molecule has 6 heterocycles. The number of ether oxygens (including phenoxy) is 11. The molecule has 0 amide bonds. The Morgan fingerprint density at radius 1 is 0.602 bits per heavy atom. The minimum absolute atomic E-state index is 0.105. The van der Waals surface area contributed by atoms with Crippen LogP contribution >= 0.6 is 0 Å². The van der Waals surface area contributed by atoms with Crippen molar-refractivity contribution >= 4 is 0 Å². The van der Waals surface area contributed by atoms with Gasteiger partial charge >= 0.3 is 0 Å². The van der Waals surface area contributed by atoms with E-state index in [1.54, 1.807) is 6.92 Å². The average molecular weight is 1200 g/mol. The van der Waals surface area contributed by atoms with Crippen LogP contribution in [0.15, 0.2) is 11.6 Å². The fourth-order valence-electron chi connectivity index (χ4n) is 16.2. The summed E-state index contributed by atoms with van der Waals surface area (Å²) in [7, 11) is 0. The van der Waals surface area contributed by atoms with E-state index >= 15 is 0 Å². The topological polar surface area (TPSA) is 425 Å². The van der Waals surface area contributed by atoms with Crippen LogP contribution in [0.2, 0.25) is 0 Å². The summed E-state index contributed by atoms with van der Waals surface area (Å²) in [4.78, 5) is 0. The van der Waals surface area contributed by atoms with Crippen molar-refractivity contribution in [2.24, 2.45) is 46.3 Å². The van der Waals surface area contributed by atoms with E-state index in [4.69, 9.17) is 52.1 Å². The molecule has 6 saturated heterocycles. The summed E-state index contributed by atoms with van der Waals surface area (Å²) in [5.74, 6) is -0.554. The smallest absolute Gasteiger partial charge is 0.187 e. The molecule has 0 bridgehead atoms. The molecule has 35 atom stereocenters. The fraction of sp³-hybridized carbons (Fsp3) is 0.964. The van der Waals surface area contributed by atoms with E-state index in [9.17, 15) is 81.7 Å². The molecule has 16 N–H and O–H groups in total. The third-order valence-electron chi connectivity index (χ3n) is 21.2. The average Bonchev–Trinajstić information content (AvgIpc) is 1.68. The number of rotatable bonds is 17. The van der Waals surface area contributed by atoms with Crippen molar-refractivity contribution in [3.8, 4) is 0 Å². The standard InChI is InChI=1S/C56H92O27/c1-21(19-73-49-43(69)39(65)36(62)31(16-57)77-49)8-13-56(72)22(2)34-30(83-56)15-28-26-7-6-24-14-25(9-11-54(24,4)27(26)10-12-55(28,34)5)76-53-48(82-50-42(68)35(61)29(60)20-74-50)47(81-52-45(71)41(67)38(64)33(18-59)79-52)46(23(3)75-53)80-51-44(70)40(66)37(63)32(17-58)78-51/h6,21-23,25-53,57-72H,7-20H2,1-5H3/t21-,22-,23-,25-,26+,27-,28-,29-,30-,31-,32-,33-,34-,35-,36-,37+,38+,39+,40+,41+,42+,43-,44-,45-,46-,47+,48+,49+,50-,51-,52-,53-,54-,55-,56+/m0/s1. The summed E-state index contributed by atoms with van der Waals surface area (Å²) < 4.78 is 67.9. The lowest BCUT2D eigenvalue weighted by atomic mass is 9.47. The molecule has 9 fully saturated rings. The Kier molecular flexibility index (Phi) is 19.9. The van der Waals surface area contributed by atoms with Gasteiger partial charge in [0.25, 0.3) is 0 Å². The SMILES string of the molecule is C[C@@H](CC[C@@]1(O)O[C@H]2C[C@H]3[C@@H]4CC=C5C[C@@H](O[C@@H]6O[C@@H](C)[C@H](O[C@@H]7O[C@@H](CO)[C@@H](O)[C@@H](O)[C@@H]7O)[C@@H](O[C@@H]7O[C@@H](CO)[C@@H](O)[C@@H](O)[C@@H]7O)[C@H]6O[C@@H]6OC[C@H](O)[C@H](O)[C@H]6O)CC[C@]5(C)[C@H]4CC[C@]3(C)[C@H]2[C@@H]1C)CO[C@@H]1O[C@@H](CO)[C@H](O)[C@@H](O)[C@@H]1O. The summed E-state index contributed by atoms with van der Waals surface area (Å²) >= 11 is 0. The van der Waals surface area contributed by atoms with Crippen LogP contribution in [0.4, 0.5) is 0 Å². The number of hydrogen-bond donors (Lipinski definition) is 16. The molecule has 0 aromatic carbocycles. The van der Waals surface area contributed by atoms with Gasteiger partial charge in [0.2, 0.25) is 0 Å². The van der Waals surface area contributed by atoms with Gasteiger partial charge in [-0.15, -0.1) is 0 Å². The molecule has 0 unspecified atom stereocenters. The van der Waals surface area contributed by atoms with Gasteiger partial charge in [-0.1, -0.05) is 39.3 Å². The largest absolute Gasteiger partial charge is 0.394 e. The molecule has 0 aromatic heterocycles. The lowest BCUT2D eigenvalue weighted by molar-refractivity contribution is -0.405. The zero-order valence-corrected chi connectivity index (χ0v) is 47.6. The van der Waals surface area contributed by atoms with Crippen molar-refractivity contribution in [2.45, 2.75) is 258 Å². The fourth-order valence-corrected chi connectivity index (χ4v) is 16.2. The number of aliphatic hydroxyl groups excluding tert-OH is 15. The molecule has 83 heavy (non-hydrogen) atoms. The first-order chi connectivity index (χ1) is 39.3. The second-order valence-corrected chi connectivity index (χ2v) is 26.2. The molecule has 27 heteroatoms. The molecule has 10 rings (SSSR count). The first-order valence-corrected chi connectivity index (χ1v) is 29.8. The second-order valence-electron chi connectivity index (χ2n) is 26.2. The molecule has 3 saturated carbocycles. The van der Waals surface area contributed by atoms with Crippen LogP contribution in [0, 0.1) is 46.3 Å². The molecule has 478 valence electrons. The summed E-state index contributed by atoms with van der Waals surface area (Å²) in [5.41, 5.74) is 0.889. The van der Waals surface area contributed by atoms with Crippen LogP contribution in [0.25, 0.3) is 0 Å². The number of hydrogen-bond acceptors (Lipinski definition) is 27. The lowest BCUT2D eigenvalue weighted by Crippen LogP contribution is -2.68. The Morgan fingerprint density at radius 3 is 1.76 bits per heavy atom. The number of fused-ring (bicyclic) bond motifs is 7. The summed E-state index contributed by atoms with van der Waals surface area (Å²) in [6, 6.07) is 0. The highest BCUT2D eigenvalue weighted by molar-refractivity contribution is 5.26. The van der Waals surface area contributed by atoms with Gasteiger partial charge in [-0.3, -0.25) is 0 Å². The zero-order chi connectivity index (χ0) is 59.9. The van der Waals surface area contributed by atoms with Gasteiger partial charge in [0.15, 0.2) is 37.2 Å². The van der Waals surface area contributed by atoms with Gasteiger partial charge in [-0.05, 0) is 98.7 Å². The van der Waals surface area contributed by atoms with Crippen LogP contribution in [-0.2, 0) is 52.1 Å². The molecule has 0 spiro atoms. The van der Waals surface area contributed by atoms with Crippen LogP contribution in [0.5, 0.6) is 0 Å². The summed E-state index contributed by atoms with van der Waals surface area (Å²) in [6.07, 6.45) is -30.8. The van der Waals surface area contributed by atoms with Crippen molar-refractivity contribution in [3.05, 3.63) is 11.6 Å². The Bertz CT molecular complexity index is 2180. The van der Waals surface area contributed by atoms with Gasteiger partial charge < -0.3 is 134 Å². The van der Waals surface area contributed by atoms with Gasteiger partial charge in [0, 0.05) is 12.3 Å². The minimum Gasteiger partial charge on any atom is -0.394 e. The highest BCUT2D eigenvalue weighted by Gasteiger charge is 2.68. The van der Waals surface area contributed by atoms with E-state index in [0.717, 1.165) is 32.1 Å². The third-order valence-corrected chi connectivity index (χ3v) is 21.2. The monoisotopic (exact) mass is 1200 g/mol. The summed E-state index contributed by atoms with van der Waals surface area (Å²) in [5, 5.41) is 170. The predicted molar refractivity (Wildman–Crippen MR) is 277 cm³/mol. The molecular formula is C56H92O27. The molecule has 10 aliphatic rings. The van der Waals surface area contributed by atoms with Crippen LogP contribution in [0.3, 0.4) is 0 Å². The highest BCUT2D eigenvalue weighted by atomic mass is 16.8. The van der Waals surface area contributed by atoms with Gasteiger partial charge in [0.1, 0.15) is 110 Å². The predicted octanol–water partition coefficient (Wildman–Crippen LogP) is -4.54. The first kappa shape index (κ1) is 64.6. The third kappa shape index (κ3) is 11.9. The van der Waals surface area contributed by atoms with E-state index in [0.29, 0.717) is 43.4 Å². The molecule has 4 aliphatic carbocycles. The second kappa shape index (κ2) is 25.5. The maximum absolute atomic E-state index is 12.2. The molecule has 0 radical (unpaired) electrons. The summed E-state index contributed by atoms with van der Waals surface area (Å²) in [6.45, 7) is 7.75. The van der Waals surface area contributed by atoms with Gasteiger partial charge in [-0.2, -0.15) is 0 Å². The van der Waals surface area contributed by atoms with Crippen molar-refractivity contribution in [1.82, 2.24) is 0 Å². The number of allylic oxidation sites excluding steroid dienone is 1. The minimum atomic E-state index is -1.96. The Labute approximate surface area is 481 Å². The van der Waals surface area contributed by atoms with Crippen molar-refractivity contribution < 1.29 is 134 Å². The Hall–Kier alpha value is -1.34. The van der Waals surface area contributed by atoms with Crippen molar-refractivity contribution in [2.75, 3.05) is 33.0 Å². The van der Waals surface area contributed by atoms with Crippen molar-refractivity contribution in [1.29, 1.82) is 0 Å². The van der Waals surface area contributed by atoms with E-state index in [1.807, 2.05) is 6.92 Å². The quantitative estimate of drug-likeness (QED) is 0.0610. The Balaban J connectivity index is 0.842. The van der Waals surface area contributed by atoms with E-state index < -0.39 is 186 Å². The van der Waals surface area contributed by atoms with Crippen LogP contribution in [-0.4, -0.2) is 280 Å². The van der Waals surface area contributed by atoms with Crippen molar-refractivity contribution in [3.63, 3.8) is 0 Å². The molecule has 6 aliphatic heterocycles. The normalized spacial score (nSPS) is 55.0. The van der Waals surface area contributed by atoms with Crippen LogP contribution in [0.1, 0.15) is 92.4 Å². The molecule has 27 nitrogen and oxygen atoms in total. The highest BCUT2D eigenvalue weighted by Crippen LogP contribution is 2.70. The zero-order valence-electron chi connectivity index (χ0n) is 47.6. The molecule has 0 aromatic rings. The van der Waals surface area contributed by atoms with Crippen LogP contribution < -0.4 is 0 Å². The maximum Gasteiger partial charge on any atom is 0.187 e. The Morgan fingerprint density at radius 2 is 1.16 bits per heavy atom. The van der Waals surface area contributed by atoms with Gasteiger partial charge in [-0.25, -0.2) is 0 Å². The van der Waals surface area contributed by atoms with E-state index in [1.165, 1.54) is 5.57 Å². The maximum atomic E-state index is 12.2. The lowest BCUT2D eigenvalue weighted by Gasteiger charge is -2.58. The molecular weight excluding hydrogens is 1100 g/mol. The van der Waals surface area contributed by atoms with E-state index in [-0.39, 0.29) is 41.3 Å². The van der Waals surface area contributed by atoms with E-state index in [2.05, 4.69) is 26.8 Å². The van der Waals surface area contributed by atoms with Gasteiger partial charge in [0.05, 0.1) is 51.3 Å².